The van der Waals surface area contributed by atoms with Crippen molar-refractivity contribution in [3.8, 4) is 0 Å². The molecule has 0 saturated carbocycles. The number of hydrogen-bond donors (Lipinski definition) is 0. The van der Waals surface area contributed by atoms with Gasteiger partial charge >= 0.3 is 7.12 Å². The largest absolute Gasteiger partial charge is 0.487 e. The van der Waals surface area contributed by atoms with E-state index < -0.39 is 0 Å². The van der Waals surface area contributed by atoms with Crippen LogP contribution in [0.2, 0.25) is 0 Å². The number of hydrogen-bond acceptors (Lipinski definition) is 2. The van der Waals surface area contributed by atoms with Gasteiger partial charge in [0.25, 0.3) is 0 Å². The number of aryl methyl sites for hydroxylation is 1. The van der Waals surface area contributed by atoms with Crippen molar-refractivity contribution < 1.29 is 9.31 Å². The van der Waals surface area contributed by atoms with Crippen molar-refractivity contribution in [1.29, 1.82) is 0 Å². The fraction of sp³-hybridized carbons (Fsp3) is 0.333. The SMILES string of the molecule is Cc1ccc(/C(=C/B2OC(C)(C)C(C)(C)O2)c2ccccc2)cc1. The molecule has 0 aromatic heterocycles. The molecule has 1 saturated heterocycles. The van der Waals surface area contributed by atoms with Crippen LogP contribution >= 0.6 is 0 Å². The molecule has 3 heteroatoms. The van der Waals surface area contributed by atoms with E-state index in [1.54, 1.807) is 0 Å². The highest BCUT2D eigenvalue weighted by atomic mass is 16.7. The van der Waals surface area contributed by atoms with E-state index in [-0.39, 0.29) is 18.3 Å². The zero-order chi connectivity index (χ0) is 17.4. The van der Waals surface area contributed by atoms with Gasteiger partial charge in [-0.2, -0.15) is 0 Å². The molecule has 1 aliphatic rings. The molecule has 1 aliphatic heterocycles. The molecular formula is C21H25BO2. The first-order chi connectivity index (χ1) is 11.3. The maximum Gasteiger partial charge on any atom is 0.487 e. The quantitative estimate of drug-likeness (QED) is 0.736. The summed E-state index contributed by atoms with van der Waals surface area (Å²) >= 11 is 0. The van der Waals surface area contributed by atoms with E-state index in [0.717, 1.165) is 11.1 Å². The lowest BCUT2D eigenvalue weighted by Crippen LogP contribution is -2.41. The molecule has 1 heterocycles. The Labute approximate surface area is 145 Å². The molecule has 1 fully saturated rings. The summed E-state index contributed by atoms with van der Waals surface area (Å²) in [5.41, 5.74) is 4.06. The molecule has 0 N–H and O–H groups in total. The van der Waals surface area contributed by atoms with Gasteiger partial charge in [-0.3, -0.25) is 0 Å². The maximum absolute atomic E-state index is 6.16. The van der Waals surface area contributed by atoms with Crippen LogP contribution in [0.25, 0.3) is 5.57 Å². The number of rotatable bonds is 3. The fourth-order valence-corrected chi connectivity index (χ4v) is 2.80. The van der Waals surface area contributed by atoms with E-state index in [1.807, 2.05) is 6.07 Å². The smallest absolute Gasteiger partial charge is 0.400 e. The molecule has 2 nitrogen and oxygen atoms in total. The molecule has 0 amide bonds. The molecule has 2 aromatic carbocycles. The van der Waals surface area contributed by atoms with Crippen molar-refractivity contribution in [1.82, 2.24) is 0 Å². The molecule has 2 aromatic rings. The Morgan fingerprint density at radius 1 is 0.792 bits per heavy atom. The zero-order valence-corrected chi connectivity index (χ0v) is 15.2. The van der Waals surface area contributed by atoms with E-state index in [1.165, 1.54) is 11.1 Å². The van der Waals surface area contributed by atoms with E-state index in [0.29, 0.717) is 0 Å². The Morgan fingerprint density at radius 3 is 1.83 bits per heavy atom. The fourth-order valence-electron chi connectivity index (χ4n) is 2.80. The third-order valence-corrected chi connectivity index (χ3v) is 5.02. The van der Waals surface area contributed by atoms with Gasteiger partial charge in [0.2, 0.25) is 0 Å². The zero-order valence-electron chi connectivity index (χ0n) is 15.2. The first-order valence-electron chi connectivity index (χ1n) is 8.48. The summed E-state index contributed by atoms with van der Waals surface area (Å²) in [6.45, 7) is 10.4. The molecule has 0 atom stereocenters. The summed E-state index contributed by atoms with van der Waals surface area (Å²) in [6.07, 6.45) is 0. The lowest BCUT2D eigenvalue weighted by atomic mass is 9.82. The highest BCUT2D eigenvalue weighted by Gasteiger charge is 2.50. The van der Waals surface area contributed by atoms with Crippen LogP contribution in [-0.4, -0.2) is 18.3 Å². The molecule has 0 bridgehead atoms. The topological polar surface area (TPSA) is 18.5 Å². The minimum atomic E-state index is -0.355. The van der Waals surface area contributed by atoms with Gasteiger partial charge in [-0.1, -0.05) is 60.2 Å². The lowest BCUT2D eigenvalue weighted by Gasteiger charge is -2.32. The molecule has 0 unspecified atom stereocenters. The van der Waals surface area contributed by atoms with Crippen LogP contribution in [0.3, 0.4) is 0 Å². The van der Waals surface area contributed by atoms with Crippen LogP contribution < -0.4 is 0 Å². The van der Waals surface area contributed by atoms with Crippen LogP contribution in [0.5, 0.6) is 0 Å². The van der Waals surface area contributed by atoms with Gasteiger partial charge in [0.05, 0.1) is 11.2 Å². The molecular weight excluding hydrogens is 295 g/mol. The highest BCUT2D eigenvalue weighted by molar-refractivity contribution is 6.53. The summed E-state index contributed by atoms with van der Waals surface area (Å²) in [7, 11) is -0.355. The second kappa shape index (κ2) is 6.23. The normalized spacial score (nSPS) is 19.5. The van der Waals surface area contributed by atoms with Crippen LogP contribution in [0.1, 0.15) is 44.4 Å². The van der Waals surface area contributed by atoms with Crippen molar-refractivity contribution in [2.75, 3.05) is 0 Å². The third-order valence-electron chi connectivity index (χ3n) is 5.02. The van der Waals surface area contributed by atoms with Crippen LogP contribution in [0, 0.1) is 6.92 Å². The Balaban J connectivity index is 2.01. The standard InChI is InChI=1S/C21H25BO2/c1-16-11-13-18(14-12-16)19(17-9-7-6-8-10-17)15-22-23-20(2,3)21(4,5)24-22/h6-15H,1-5H3/b19-15+. The van der Waals surface area contributed by atoms with Crippen molar-refractivity contribution in [2.45, 2.75) is 45.8 Å². The van der Waals surface area contributed by atoms with Gasteiger partial charge in [-0.25, -0.2) is 0 Å². The summed E-state index contributed by atoms with van der Waals surface area (Å²) in [5.74, 6) is 2.09. The Bertz CT molecular complexity index is 714. The van der Waals surface area contributed by atoms with Crippen molar-refractivity contribution >= 4 is 12.7 Å². The molecule has 24 heavy (non-hydrogen) atoms. The van der Waals surface area contributed by atoms with E-state index in [9.17, 15) is 0 Å². The van der Waals surface area contributed by atoms with Crippen LogP contribution in [0.4, 0.5) is 0 Å². The first kappa shape index (κ1) is 17.0. The van der Waals surface area contributed by atoms with E-state index in [4.69, 9.17) is 9.31 Å². The molecule has 0 spiro atoms. The van der Waals surface area contributed by atoms with Gasteiger partial charge in [-0.05, 0) is 57.3 Å². The summed E-state index contributed by atoms with van der Waals surface area (Å²) in [5, 5.41) is 0. The van der Waals surface area contributed by atoms with Crippen LogP contribution in [0.15, 0.2) is 60.6 Å². The van der Waals surface area contributed by atoms with Crippen molar-refractivity contribution in [2.24, 2.45) is 0 Å². The van der Waals surface area contributed by atoms with Gasteiger partial charge in [0.1, 0.15) is 0 Å². The molecule has 0 radical (unpaired) electrons. The van der Waals surface area contributed by atoms with Gasteiger partial charge in [-0.15, -0.1) is 0 Å². The average Bonchev–Trinajstić information content (AvgIpc) is 2.74. The minimum absolute atomic E-state index is 0.330. The second-order valence-electron chi connectivity index (χ2n) is 7.44. The Kier molecular flexibility index (Phi) is 4.41. The number of benzene rings is 2. The predicted molar refractivity (Wildman–Crippen MR) is 101 cm³/mol. The van der Waals surface area contributed by atoms with Gasteiger partial charge in [0.15, 0.2) is 0 Å². The summed E-state index contributed by atoms with van der Waals surface area (Å²) < 4.78 is 12.3. The summed E-state index contributed by atoms with van der Waals surface area (Å²) in [6, 6.07) is 19.0. The predicted octanol–water partition coefficient (Wildman–Crippen LogP) is 5.06. The van der Waals surface area contributed by atoms with Crippen LogP contribution in [-0.2, 0) is 9.31 Å². The monoisotopic (exact) mass is 320 g/mol. The minimum Gasteiger partial charge on any atom is -0.400 e. The summed E-state index contributed by atoms with van der Waals surface area (Å²) in [4.78, 5) is 0. The lowest BCUT2D eigenvalue weighted by molar-refractivity contribution is 0.00578. The first-order valence-corrected chi connectivity index (χ1v) is 8.48. The van der Waals surface area contributed by atoms with Gasteiger partial charge in [0, 0.05) is 0 Å². The molecule has 124 valence electrons. The average molecular weight is 320 g/mol. The Morgan fingerprint density at radius 2 is 1.29 bits per heavy atom. The highest BCUT2D eigenvalue weighted by Crippen LogP contribution is 2.38. The van der Waals surface area contributed by atoms with Crippen molar-refractivity contribution in [3.05, 3.63) is 77.3 Å². The Hall–Kier alpha value is -1.84. The second-order valence-corrected chi connectivity index (χ2v) is 7.44. The molecule has 3 rings (SSSR count). The van der Waals surface area contributed by atoms with E-state index >= 15 is 0 Å². The third kappa shape index (κ3) is 3.33. The van der Waals surface area contributed by atoms with Gasteiger partial charge < -0.3 is 9.31 Å². The maximum atomic E-state index is 6.16. The molecule has 0 aliphatic carbocycles. The van der Waals surface area contributed by atoms with E-state index in [2.05, 4.69) is 89.1 Å². The van der Waals surface area contributed by atoms with Crippen molar-refractivity contribution in [3.63, 3.8) is 0 Å².